The van der Waals surface area contributed by atoms with E-state index in [2.05, 4.69) is 12.2 Å². The smallest absolute Gasteiger partial charge is 0.251 e. The molecule has 1 rings (SSSR count). The molecule has 7 nitrogen and oxygen atoms in total. The van der Waals surface area contributed by atoms with Gasteiger partial charge >= 0.3 is 0 Å². The fourth-order valence-corrected chi connectivity index (χ4v) is 3.49. The summed E-state index contributed by atoms with van der Waals surface area (Å²) in [5.74, 6) is -0.591. The van der Waals surface area contributed by atoms with Crippen LogP contribution in [0, 0.1) is 0 Å². The highest BCUT2D eigenvalue weighted by Crippen LogP contribution is 2.25. The number of carbonyl (C=O) groups excluding carboxylic acids is 1. The van der Waals surface area contributed by atoms with Crippen LogP contribution in [0.4, 0.5) is 0 Å². The fraction of sp³-hybridized carbons (Fsp3) is 0.955. The molecule has 4 N–H and O–H groups in total. The van der Waals surface area contributed by atoms with Crippen LogP contribution in [0.25, 0.3) is 0 Å². The maximum absolute atomic E-state index is 12.1. The molecule has 1 saturated heterocycles. The second kappa shape index (κ2) is 16.0. The third-order valence-electron chi connectivity index (χ3n) is 5.45. The van der Waals surface area contributed by atoms with E-state index in [1.807, 2.05) is 6.92 Å². The third-order valence-corrected chi connectivity index (χ3v) is 5.45. The summed E-state index contributed by atoms with van der Waals surface area (Å²) in [6, 6.07) is 0. The minimum absolute atomic E-state index is 0.388. The van der Waals surface area contributed by atoms with Gasteiger partial charge in [0.2, 0.25) is 0 Å². The number of hydrogen-bond acceptors (Lipinski definition) is 6. The zero-order valence-electron chi connectivity index (χ0n) is 18.4. The lowest BCUT2D eigenvalue weighted by Gasteiger charge is -2.20. The van der Waals surface area contributed by atoms with E-state index < -0.39 is 36.6 Å². The molecule has 0 aromatic heterocycles. The molecule has 5 atom stereocenters. The Morgan fingerprint density at radius 2 is 1.45 bits per heavy atom. The van der Waals surface area contributed by atoms with Crippen molar-refractivity contribution in [2.45, 2.75) is 122 Å². The molecule has 0 aromatic carbocycles. The van der Waals surface area contributed by atoms with E-state index in [0.717, 1.165) is 32.1 Å². The van der Waals surface area contributed by atoms with Gasteiger partial charge in [-0.05, 0) is 12.8 Å². The standard InChI is InChI=1S/C22H43NO6/c1-3-5-7-8-9-10-11-12-13-14-15-23-21(27)19(26)20-17(24)18(25)22(29-20)28-16-6-4-2/h17-20,22,24-26H,3-16H2,1-2H3,(H,23,27)/t17-,18+,19?,20+,22+/m1/s1. The van der Waals surface area contributed by atoms with Crippen LogP contribution in [-0.2, 0) is 14.3 Å². The van der Waals surface area contributed by atoms with Gasteiger partial charge in [0, 0.05) is 13.2 Å². The first-order chi connectivity index (χ1) is 14.0. The van der Waals surface area contributed by atoms with Crippen LogP contribution in [0.1, 0.15) is 90.9 Å². The molecule has 1 fully saturated rings. The number of carbonyl (C=O) groups is 1. The Hall–Kier alpha value is -0.730. The van der Waals surface area contributed by atoms with Crippen LogP contribution in [0.2, 0.25) is 0 Å². The van der Waals surface area contributed by atoms with Gasteiger partial charge in [-0.1, -0.05) is 78.1 Å². The van der Waals surface area contributed by atoms with E-state index in [4.69, 9.17) is 9.47 Å². The zero-order valence-corrected chi connectivity index (χ0v) is 18.4. The Morgan fingerprint density at radius 1 is 0.897 bits per heavy atom. The summed E-state index contributed by atoms with van der Waals surface area (Å²) in [5.41, 5.74) is 0. The van der Waals surface area contributed by atoms with Gasteiger partial charge in [0.25, 0.3) is 5.91 Å². The number of aliphatic hydroxyl groups excluding tert-OH is 3. The van der Waals surface area contributed by atoms with Gasteiger partial charge in [-0.2, -0.15) is 0 Å². The number of unbranched alkanes of at least 4 members (excludes halogenated alkanes) is 10. The summed E-state index contributed by atoms with van der Waals surface area (Å²) < 4.78 is 10.8. The van der Waals surface area contributed by atoms with E-state index in [9.17, 15) is 20.1 Å². The highest BCUT2D eigenvalue weighted by molar-refractivity contribution is 5.81. The lowest BCUT2D eigenvalue weighted by Crippen LogP contribution is -2.47. The number of hydrogen-bond donors (Lipinski definition) is 4. The van der Waals surface area contributed by atoms with Crippen molar-refractivity contribution >= 4 is 5.91 Å². The number of ether oxygens (including phenoxy) is 2. The number of amides is 1. The van der Waals surface area contributed by atoms with Crippen molar-refractivity contribution in [3.05, 3.63) is 0 Å². The number of aliphatic hydroxyl groups is 3. The normalized spacial score (nSPS) is 25.3. The lowest BCUT2D eigenvalue weighted by atomic mass is 10.0. The van der Waals surface area contributed by atoms with Crippen molar-refractivity contribution in [2.24, 2.45) is 0 Å². The van der Waals surface area contributed by atoms with E-state index in [1.165, 1.54) is 44.9 Å². The summed E-state index contributed by atoms with van der Waals surface area (Å²) in [5, 5.41) is 32.9. The predicted molar refractivity (Wildman–Crippen MR) is 112 cm³/mol. The van der Waals surface area contributed by atoms with Crippen molar-refractivity contribution in [3.63, 3.8) is 0 Å². The molecule has 1 amide bonds. The third kappa shape index (κ3) is 10.2. The van der Waals surface area contributed by atoms with E-state index >= 15 is 0 Å². The highest BCUT2D eigenvalue weighted by Gasteiger charge is 2.48. The molecule has 0 spiro atoms. The first kappa shape index (κ1) is 26.3. The van der Waals surface area contributed by atoms with Crippen LogP contribution in [0.3, 0.4) is 0 Å². The first-order valence-corrected chi connectivity index (χ1v) is 11.6. The monoisotopic (exact) mass is 417 g/mol. The summed E-state index contributed by atoms with van der Waals surface area (Å²) >= 11 is 0. The average Bonchev–Trinajstić information content (AvgIpc) is 3.00. The van der Waals surface area contributed by atoms with Crippen LogP contribution < -0.4 is 5.32 Å². The fourth-order valence-electron chi connectivity index (χ4n) is 3.49. The molecule has 0 radical (unpaired) electrons. The largest absolute Gasteiger partial charge is 0.387 e. The van der Waals surface area contributed by atoms with Crippen molar-refractivity contribution in [2.75, 3.05) is 13.2 Å². The Balaban J connectivity index is 2.13. The molecule has 29 heavy (non-hydrogen) atoms. The highest BCUT2D eigenvalue weighted by atomic mass is 16.7. The van der Waals surface area contributed by atoms with Crippen LogP contribution in [0.15, 0.2) is 0 Å². The van der Waals surface area contributed by atoms with Gasteiger partial charge in [-0.3, -0.25) is 4.79 Å². The van der Waals surface area contributed by atoms with Crippen molar-refractivity contribution in [3.8, 4) is 0 Å². The van der Waals surface area contributed by atoms with Crippen molar-refractivity contribution < 1.29 is 29.6 Å². The predicted octanol–water partition coefficient (Wildman–Crippen LogP) is 2.65. The SMILES string of the molecule is CCCCCCCCCCCCNC(=O)C(O)[C@H]1O[C@H](OCCCC)[C@@H](O)[C@H]1O. The van der Waals surface area contributed by atoms with Gasteiger partial charge in [0.1, 0.15) is 18.3 Å². The molecular weight excluding hydrogens is 374 g/mol. The van der Waals surface area contributed by atoms with Crippen molar-refractivity contribution in [1.29, 1.82) is 0 Å². The van der Waals surface area contributed by atoms with Gasteiger partial charge in [0.15, 0.2) is 12.4 Å². The molecular formula is C22H43NO6. The number of nitrogens with one attached hydrogen (secondary N) is 1. The number of rotatable bonds is 17. The molecule has 1 unspecified atom stereocenters. The second-order valence-electron chi connectivity index (χ2n) is 8.09. The van der Waals surface area contributed by atoms with Crippen molar-refractivity contribution in [1.82, 2.24) is 5.32 Å². The summed E-state index contributed by atoms with van der Waals surface area (Å²) in [6.07, 6.45) is 7.47. The quantitative estimate of drug-likeness (QED) is 0.271. The van der Waals surface area contributed by atoms with E-state index in [-0.39, 0.29) is 0 Å². The molecule has 0 bridgehead atoms. The molecule has 1 aliphatic rings. The van der Waals surface area contributed by atoms with Gasteiger partial charge < -0.3 is 30.1 Å². The average molecular weight is 418 g/mol. The summed E-state index contributed by atoms with van der Waals surface area (Å²) in [7, 11) is 0. The van der Waals surface area contributed by atoms with Crippen LogP contribution in [0.5, 0.6) is 0 Å². The van der Waals surface area contributed by atoms with Crippen LogP contribution >= 0.6 is 0 Å². The Labute approximate surface area is 176 Å². The minimum atomic E-state index is -1.54. The zero-order chi connectivity index (χ0) is 21.5. The van der Waals surface area contributed by atoms with E-state index in [0.29, 0.717) is 13.2 Å². The molecule has 1 heterocycles. The molecule has 172 valence electrons. The van der Waals surface area contributed by atoms with Crippen LogP contribution in [-0.4, -0.2) is 65.1 Å². The maximum Gasteiger partial charge on any atom is 0.251 e. The summed E-state index contributed by atoms with van der Waals surface area (Å²) in [6.45, 7) is 5.10. The minimum Gasteiger partial charge on any atom is -0.387 e. The maximum atomic E-state index is 12.1. The van der Waals surface area contributed by atoms with E-state index in [1.54, 1.807) is 0 Å². The molecule has 0 aromatic rings. The summed E-state index contributed by atoms with van der Waals surface area (Å²) in [4.78, 5) is 12.1. The van der Waals surface area contributed by atoms with Gasteiger partial charge in [-0.15, -0.1) is 0 Å². The second-order valence-corrected chi connectivity index (χ2v) is 8.09. The topological polar surface area (TPSA) is 108 Å². The van der Waals surface area contributed by atoms with Gasteiger partial charge in [-0.25, -0.2) is 0 Å². The molecule has 0 aliphatic carbocycles. The Kier molecular flexibility index (Phi) is 14.5. The molecule has 1 aliphatic heterocycles. The lowest BCUT2D eigenvalue weighted by molar-refractivity contribution is -0.181. The molecule has 0 saturated carbocycles. The Bertz CT molecular complexity index is 422. The first-order valence-electron chi connectivity index (χ1n) is 11.6. The Morgan fingerprint density at radius 3 is 2.03 bits per heavy atom. The molecule has 7 heteroatoms. The van der Waals surface area contributed by atoms with Gasteiger partial charge in [0.05, 0.1) is 0 Å².